The van der Waals surface area contributed by atoms with Crippen LogP contribution in [0.25, 0.3) is 11.1 Å². The summed E-state index contributed by atoms with van der Waals surface area (Å²) in [6, 6.07) is 6.74. The number of nitrogens with zero attached hydrogens (tertiary/aromatic N) is 1. The van der Waals surface area contributed by atoms with Crippen LogP contribution < -0.4 is 42.9 Å². The molecule has 0 fully saturated rings. The van der Waals surface area contributed by atoms with Crippen LogP contribution in [0.15, 0.2) is 18.2 Å². The van der Waals surface area contributed by atoms with E-state index in [4.69, 9.17) is 18.9 Å². The summed E-state index contributed by atoms with van der Waals surface area (Å²) in [4.78, 5) is 0. The molecule has 6 heteroatoms. The molecule has 152 valence electrons. The average molecular weight is 497 g/mol. The van der Waals surface area contributed by atoms with Gasteiger partial charge in [-0.15, -0.1) is 0 Å². The van der Waals surface area contributed by atoms with Crippen LogP contribution >= 0.6 is 0 Å². The molecule has 5 nitrogen and oxygen atoms in total. The summed E-state index contributed by atoms with van der Waals surface area (Å²) in [6.07, 6.45) is 2.01. The zero-order valence-corrected chi connectivity index (χ0v) is 19.5. The minimum Gasteiger partial charge on any atom is -1.00 e. The average Bonchev–Trinajstić information content (AvgIpc) is 2.68. The van der Waals surface area contributed by atoms with Crippen molar-refractivity contribution in [3.63, 3.8) is 0 Å². The highest BCUT2D eigenvalue weighted by atomic mass is 127. The largest absolute Gasteiger partial charge is 1.00 e. The highest BCUT2D eigenvalue weighted by Gasteiger charge is 2.43. The molecule has 28 heavy (non-hydrogen) atoms. The summed E-state index contributed by atoms with van der Waals surface area (Å²) in [5.41, 5.74) is 6.31. The number of hydrogen-bond acceptors (Lipinski definition) is 4. The van der Waals surface area contributed by atoms with Crippen LogP contribution in [-0.4, -0.2) is 53.6 Å². The molecule has 0 spiro atoms. The first-order valence-corrected chi connectivity index (χ1v) is 9.30. The van der Waals surface area contributed by atoms with Crippen molar-refractivity contribution in [2.75, 3.05) is 49.1 Å². The Kier molecular flexibility index (Phi) is 5.74. The van der Waals surface area contributed by atoms with Gasteiger partial charge >= 0.3 is 0 Å². The molecule has 0 saturated carbocycles. The van der Waals surface area contributed by atoms with Crippen molar-refractivity contribution in [1.82, 2.24) is 0 Å². The maximum Gasteiger partial charge on any atom is 0.169 e. The molecule has 1 heterocycles. The Morgan fingerprint density at radius 2 is 1.43 bits per heavy atom. The number of ether oxygens (including phenoxy) is 4. The van der Waals surface area contributed by atoms with Gasteiger partial charge in [0.15, 0.2) is 23.0 Å². The predicted molar refractivity (Wildman–Crippen MR) is 105 cm³/mol. The molecular formula is C22H28INO4. The van der Waals surface area contributed by atoms with Gasteiger partial charge in [0.25, 0.3) is 0 Å². The summed E-state index contributed by atoms with van der Waals surface area (Å²) in [5.74, 6) is 3.09. The molecule has 0 amide bonds. The number of hydrogen-bond donors (Lipinski definition) is 0. The quantitative estimate of drug-likeness (QED) is 0.459. The summed E-state index contributed by atoms with van der Waals surface area (Å²) >= 11 is 0. The second kappa shape index (κ2) is 7.63. The highest BCUT2D eigenvalue weighted by Crippen LogP contribution is 2.55. The Balaban J connectivity index is 0.00000225. The van der Waals surface area contributed by atoms with E-state index in [0.717, 1.165) is 58.0 Å². The Hall–Kier alpha value is -1.67. The molecular weight excluding hydrogens is 469 g/mol. The van der Waals surface area contributed by atoms with E-state index in [1.807, 2.05) is 0 Å². The van der Waals surface area contributed by atoms with Crippen LogP contribution in [0, 0.1) is 0 Å². The fraction of sp³-hybridized carbons (Fsp3) is 0.455. The molecule has 0 radical (unpaired) electrons. The van der Waals surface area contributed by atoms with Gasteiger partial charge in [-0.25, -0.2) is 0 Å². The standard InChI is InChI=1S/C22H28NO4.HI/c1-23(2)8-7-13-10-19(26-5)22(27-6)21-15-12-18(25-4)17(24-3)11-14(15)9-16(23)20(13)21;/h10-12,16H,7-9H2,1-6H3;1H/q+1;/p-1/t16-;/m0./s1. The highest BCUT2D eigenvalue weighted by molar-refractivity contribution is 5.84. The van der Waals surface area contributed by atoms with Crippen molar-refractivity contribution in [1.29, 1.82) is 0 Å². The van der Waals surface area contributed by atoms with Crippen molar-refractivity contribution in [3.8, 4) is 34.1 Å². The van der Waals surface area contributed by atoms with Crippen molar-refractivity contribution in [2.45, 2.75) is 18.9 Å². The van der Waals surface area contributed by atoms with Crippen LogP contribution in [0.5, 0.6) is 23.0 Å². The number of rotatable bonds is 4. The van der Waals surface area contributed by atoms with Gasteiger partial charge in [0.1, 0.15) is 6.04 Å². The Morgan fingerprint density at radius 1 is 0.821 bits per heavy atom. The normalized spacial score (nSPS) is 18.3. The predicted octanol–water partition coefficient (Wildman–Crippen LogP) is 0.622. The number of likely N-dealkylation sites (N-methyl/N-ethyl adjacent to an activating group) is 1. The Morgan fingerprint density at radius 3 is 2.04 bits per heavy atom. The molecule has 4 rings (SSSR count). The van der Waals surface area contributed by atoms with Gasteiger partial charge < -0.3 is 47.4 Å². The summed E-state index contributed by atoms with van der Waals surface area (Å²) < 4.78 is 23.7. The van der Waals surface area contributed by atoms with Crippen LogP contribution in [0.1, 0.15) is 22.7 Å². The van der Waals surface area contributed by atoms with Gasteiger partial charge in [-0.2, -0.15) is 0 Å². The van der Waals surface area contributed by atoms with Gasteiger partial charge in [0, 0.05) is 24.0 Å². The molecule has 0 aromatic heterocycles. The monoisotopic (exact) mass is 497 g/mol. The summed E-state index contributed by atoms with van der Waals surface area (Å²) in [6.45, 7) is 1.11. The van der Waals surface area contributed by atoms with E-state index < -0.39 is 0 Å². The van der Waals surface area contributed by atoms with Gasteiger partial charge in [-0.05, 0) is 34.9 Å². The van der Waals surface area contributed by atoms with Gasteiger partial charge in [-0.3, -0.25) is 0 Å². The minimum absolute atomic E-state index is 0. The lowest BCUT2D eigenvalue weighted by Gasteiger charge is -2.46. The number of quaternary nitrogens is 1. The number of benzene rings is 2. The van der Waals surface area contributed by atoms with Gasteiger partial charge in [0.05, 0.1) is 49.1 Å². The zero-order chi connectivity index (χ0) is 19.3. The van der Waals surface area contributed by atoms with Crippen LogP contribution in [0.4, 0.5) is 0 Å². The molecule has 0 N–H and O–H groups in total. The van der Waals surface area contributed by atoms with E-state index in [1.165, 1.54) is 16.7 Å². The maximum atomic E-state index is 5.86. The molecule has 2 aromatic carbocycles. The number of methoxy groups -OCH3 is 4. The maximum absolute atomic E-state index is 5.86. The minimum atomic E-state index is 0. The molecule has 1 atom stereocenters. The second-order valence-electron chi connectivity index (χ2n) is 7.90. The van der Waals surface area contributed by atoms with E-state index in [2.05, 4.69) is 32.3 Å². The zero-order valence-electron chi connectivity index (χ0n) is 17.4. The van der Waals surface area contributed by atoms with Crippen molar-refractivity contribution < 1.29 is 47.4 Å². The van der Waals surface area contributed by atoms with Crippen LogP contribution in [0.3, 0.4) is 0 Å². The van der Waals surface area contributed by atoms with Gasteiger partial charge in [-0.1, -0.05) is 0 Å². The summed E-state index contributed by atoms with van der Waals surface area (Å²) in [7, 11) is 11.4. The van der Waals surface area contributed by atoms with Crippen LogP contribution in [-0.2, 0) is 12.8 Å². The lowest BCUT2D eigenvalue weighted by Crippen LogP contribution is -3.00. The molecule has 1 aliphatic heterocycles. The molecule has 0 saturated heterocycles. The number of halogens is 1. The third kappa shape index (κ3) is 3.01. The molecule has 1 aliphatic carbocycles. The smallest absolute Gasteiger partial charge is 0.169 e. The fourth-order valence-electron chi connectivity index (χ4n) is 4.71. The van der Waals surface area contributed by atoms with Gasteiger partial charge in [0.2, 0.25) is 0 Å². The SMILES string of the molecule is COc1cc2c(cc1OC)-c1c(OC)c(OC)cc3c1[C@H](C2)[N+](C)(C)CC3.[I-]. The van der Waals surface area contributed by atoms with E-state index in [0.29, 0.717) is 6.04 Å². The van der Waals surface area contributed by atoms with Crippen molar-refractivity contribution in [3.05, 3.63) is 34.9 Å². The third-order valence-electron chi connectivity index (χ3n) is 6.22. The lowest BCUT2D eigenvalue weighted by atomic mass is 9.75. The Labute approximate surface area is 184 Å². The van der Waals surface area contributed by atoms with Crippen LogP contribution in [0.2, 0.25) is 0 Å². The number of fused-ring (bicyclic) bond motifs is 2. The lowest BCUT2D eigenvalue weighted by molar-refractivity contribution is -0.923. The topological polar surface area (TPSA) is 36.9 Å². The first kappa shape index (κ1) is 21.0. The third-order valence-corrected chi connectivity index (χ3v) is 6.22. The Bertz CT molecular complexity index is 910. The first-order chi connectivity index (χ1) is 12.9. The molecule has 2 aromatic rings. The van der Waals surface area contributed by atoms with E-state index >= 15 is 0 Å². The molecule has 0 unspecified atom stereocenters. The van der Waals surface area contributed by atoms with E-state index in [1.54, 1.807) is 28.4 Å². The molecule has 0 bridgehead atoms. The first-order valence-electron chi connectivity index (χ1n) is 9.30. The fourth-order valence-corrected chi connectivity index (χ4v) is 4.71. The van der Waals surface area contributed by atoms with E-state index in [9.17, 15) is 0 Å². The van der Waals surface area contributed by atoms with Crippen molar-refractivity contribution in [2.24, 2.45) is 0 Å². The second-order valence-corrected chi connectivity index (χ2v) is 7.90. The van der Waals surface area contributed by atoms with Crippen molar-refractivity contribution >= 4 is 0 Å². The summed E-state index contributed by atoms with van der Waals surface area (Å²) in [5, 5.41) is 0. The van der Waals surface area contributed by atoms with E-state index in [-0.39, 0.29) is 24.0 Å². The molecule has 2 aliphatic rings.